The van der Waals surface area contributed by atoms with Gasteiger partial charge in [-0.2, -0.15) is 0 Å². The number of rotatable bonds is 4. The van der Waals surface area contributed by atoms with Crippen LogP contribution >= 0.6 is 11.3 Å². The molecule has 1 aromatic heterocycles. The third-order valence-electron chi connectivity index (χ3n) is 3.90. The number of hydrazine groups is 1. The molecule has 1 aliphatic carbocycles. The van der Waals surface area contributed by atoms with Crippen molar-refractivity contribution in [3.05, 3.63) is 53.1 Å². The molecule has 2 amide bonds. The van der Waals surface area contributed by atoms with Crippen LogP contribution in [-0.4, -0.2) is 16.8 Å². The van der Waals surface area contributed by atoms with Gasteiger partial charge in [0.2, 0.25) is 5.91 Å². The van der Waals surface area contributed by atoms with E-state index < -0.39 is 0 Å². The minimum atomic E-state index is -0.331. The Morgan fingerprint density at radius 3 is 2.75 bits per heavy atom. The van der Waals surface area contributed by atoms with E-state index in [9.17, 15) is 9.59 Å². The third kappa shape index (κ3) is 3.89. The van der Waals surface area contributed by atoms with Crippen molar-refractivity contribution >= 4 is 23.2 Å². The van der Waals surface area contributed by atoms with E-state index in [-0.39, 0.29) is 17.7 Å². The Labute approximate surface area is 144 Å². The van der Waals surface area contributed by atoms with E-state index in [0.717, 1.165) is 23.4 Å². The van der Waals surface area contributed by atoms with E-state index in [1.807, 2.05) is 30.3 Å². The van der Waals surface area contributed by atoms with Crippen LogP contribution in [0.2, 0.25) is 0 Å². The lowest BCUT2D eigenvalue weighted by molar-refractivity contribution is -0.122. The van der Waals surface area contributed by atoms with Crippen LogP contribution in [0.1, 0.15) is 34.6 Å². The van der Waals surface area contributed by atoms with Gasteiger partial charge in [0, 0.05) is 12.0 Å². The first-order valence-electron chi connectivity index (χ1n) is 7.92. The van der Waals surface area contributed by atoms with E-state index in [0.29, 0.717) is 17.0 Å². The molecule has 1 aromatic carbocycles. The third-order valence-corrected chi connectivity index (χ3v) is 5.10. The molecule has 0 saturated carbocycles. The van der Waals surface area contributed by atoms with Gasteiger partial charge in [-0.05, 0) is 25.7 Å². The molecule has 0 aliphatic heterocycles. The van der Waals surface area contributed by atoms with Gasteiger partial charge in [-0.25, -0.2) is 4.98 Å². The van der Waals surface area contributed by atoms with Crippen molar-refractivity contribution in [2.24, 2.45) is 5.92 Å². The maximum Gasteiger partial charge on any atom is 0.281 e. The Morgan fingerprint density at radius 1 is 1.25 bits per heavy atom. The normalized spacial score (nSPS) is 16.1. The highest BCUT2D eigenvalue weighted by Gasteiger charge is 2.18. The van der Waals surface area contributed by atoms with Crippen molar-refractivity contribution in [3.8, 4) is 10.6 Å². The highest BCUT2D eigenvalue weighted by Crippen LogP contribution is 2.27. The van der Waals surface area contributed by atoms with Crippen LogP contribution in [0.4, 0.5) is 0 Å². The van der Waals surface area contributed by atoms with Crippen LogP contribution in [0.3, 0.4) is 0 Å². The number of thiazole rings is 1. The van der Waals surface area contributed by atoms with Gasteiger partial charge in [0.05, 0.1) is 5.69 Å². The minimum absolute atomic E-state index is 0.176. The van der Waals surface area contributed by atoms with Crippen LogP contribution in [0.5, 0.6) is 0 Å². The lowest BCUT2D eigenvalue weighted by Gasteiger charge is -2.09. The second-order valence-electron chi connectivity index (χ2n) is 5.77. The zero-order valence-corrected chi connectivity index (χ0v) is 14.2. The predicted octanol–water partition coefficient (Wildman–Crippen LogP) is 3.24. The molecule has 1 atom stereocenters. The molecule has 124 valence electrons. The fraction of sp³-hybridized carbons (Fsp3) is 0.278. The Kier molecular flexibility index (Phi) is 5.05. The number of hydrogen-bond acceptors (Lipinski definition) is 4. The van der Waals surface area contributed by atoms with Gasteiger partial charge < -0.3 is 0 Å². The second-order valence-corrected chi connectivity index (χ2v) is 6.77. The monoisotopic (exact) mass is 341 g/mol. The first-order chi connectivity index (χ1) is 11.6. The largest absolute Gasteiger partial charge is 0.281 e. The Morgan fingerprint density at radius 2 is 2.04 bits per heavy atom. The molecule has 0 radical (unpaired) electrons. The van der Waals surface area contributed by atoms with Gasteiger partial charge in [-0.15, -0.1) is 11.3 Å². The number of nitrogens with one attached hydrogen (secondary N) is 2. The summed E-state index contributed by atoms with van der Waals surface area (Å²) in [4.78, 5) is 29.1. The molecule has 1 heterocycles. The Balaban J connectivity index is 1.60. The molecule has 3 rings (SSSR count). The number of benzene rings is 1. The maximum atomic E-state index is 12.3. The first kappa shape index (κ1) is 16.4. The van der Waals surface area contributed by atoms with Crippen molar-refractivity contribution in [1.29, 1.82) is 0 Å². The average molecular weight is 341 g/mol. The van der Waals surface area contributed by atoms with Gasteiger partial charge in [0.25, 0.3) is 5.91 Å². The Hall–Kier alpha value is -2.47. The molecule has 0 spiro atoms. The molecule has 24 heavy (non-hydrogen) atoms. The summed E-state index contributed by atoms with van der Waals surface area (Å²) in [6.07, 6.45) is 6.55. The quantitative estimate of drug-likeness (QED) is 0.662. The van der Waals surface area contributed by atoms with E-state index in [4.69, 9.17) is 0 Å². The number of nitrogens with zero attached hydrogens (tertiary/aromatic N) is 1. The molecular formula is C18H19N3O2S. The molecule has 0 fully saturated rings. The van der Waals surface area contributed by atoms with Crippen molar-refractivity contribution in [3.63, 3.8) is 0 Å². The summed E-state index contributed by atoms with van der Waals surface area (Å²) in [5, 5.41) is 0.792. The molecule has 0 bridgehead atoms. The number of amides is 2. The summed E-state index contributed by atoms with van der Waals surface area (Å²) in [5.74, 6) is -0.232. The van der Waals surface area contributed by atoms with Crippen molar-refractivity contribution < 1.29 is 9.59 Å². The van der Waals surface area contributed by atoms with Crippen molar-refractivity contribution in [2.45, 2.75) is 26.2 Å². The number of carbonyl (C=O) groups is 2. The van der Waals surface area contributed by atoms with Gasteiger partial charge in [0.1, 0.15) is 9.88 Å². The van der Waals surface area contributed by atoms with E-state index >= 15 is 0 Å². The minimum Gasteiger partial charge on any atom is -0.273 e. The van der Waals surface area contributed by atoms with Crippen LogP contribution in [0.25, 0.3) is 10.6 Å². The number of hydrogen-bond donors (Lipinski definition) is 2. The van der Waals surface area contributed by atoms with Crippen LogP contribution < -0.4 is 10.9 Å². The zero-order valence-electron chi connectivity index (χ0n) is 13.4. The summed E-state index contributed by atoms with van der Waals surface area (Å²) in [6.45, 7) is 1.79. The molecule has 5 nitrogen and oxygen atoms in total. The van der Waals surface area contributed by atoms with E-state index in [1.165, 1.54) is 11.3 Å². The summed E-state index contributed by atoms with van der Waals surface area (Å²) in [6, 6.07) is 9.72. The molecule has 0 unspecified atom stereocenters. The Bertz CT molecular complexity index is 768. The van der Waals surface area contributed by atoms with Crippen molar-refractivity contribution in [2.75, 3.05) is 0 Å². The molecule has 0 saturated heterocycles. The lowest BCUT2D eigenvalue weighted by atomic mass is 10.1. The first-order valence-corrected chi connectivity index (χ1v) is 8.74. The highest BCUT2D eigenvalue weighted by atomic mass is 32.1. The van der Waals surface area contributed by atoms with Crippen LogP contribution in [0.15, 0.2) is 42.5 Å². The SMILES string of the molecule is Cc1nc(-c2ccccc2)sc1C(=O)NNC(=O)C[C@@H]1C=CCC1. The van der Waals surface area contributed by atoms with Gasteiger partial charge >= 0.3 is 0 Å². The van der Waals surface area contributed by atoms with Gasteiger partial charge in [0.15, 0.2) is 0 Å². The fourth-order valence-corrected chi connectivity index (χ4v) is 3.62. The zero-order chi connectivity index (χ0) is 16.9. The van der Waals surface area contributed by atoms with E-state index in [1.54, 1.807) is 6.92 Å². The number of aromatic nitrogens is 1. The van der Waals surface area contributed by atoms with Gasteiger partial charge in [-0.3, -0.25) is 20.4 Å². The van der Waals surface area contributed by atoms with Crippen molar-refractivity contribution in [1.82, 2.24) is 15.8 Å². The number of allylic oxidation sites excluding steroid dienone is 2. The lowest BCUT2D eigenvalue weighted by Crippen LogP contribution is -2.42. The fourth-order valence-electron chi connectivity index (χ4n) is 2.65. The second kappa shape index (κ2) is 7.40. The van der Waals surface area contributed by atoms with Crippen LogP contribution in [-0.2, 0) is 4.79 Å². The summed E-state index contributed by atoms with van der Waals surface area (Å²) >= 11 is 1.32. The molecular weight excluding hydrogens is 322 g/mol. The topological polar surface area (TPSA) is 71.1 Å². The van der Waals surface area contributed by atoms with Gasteiger partial charge in [-0.1, -0.05) is 42.5 Å². The van der Waals surface area contributed by atoms with Crippen LogP contribution in [0, 0.1) is 12.8 Å². The number of aryl methyl sites for hydroxylation is 1. The molecule has 1 aliphatic rings. The molecule has 2 N–H and O–H groups in total. The molecule has 2 aromatic rings. The van der Waals surface area contributed by atoms with E-state index in [2.05, 4.69) is 28.0 Å². The summed E-state index contributed by atoms with van der Waals surface area (Å²) in [7, 11) is 0. The summed E-state index contributed by atoms with van der Waals surface area (Å²) < 4.78 is 0. The summed E-state index contributed by atoms with van der Waals surface area (Å²) in [5.41, 5.74) is 6.61. The highest BCUT2D eigenvalue weighted by molar-refractivity contribution is 7.17. The predicted molar refractivity (Wildman–Crippen MR) is 94.4 cm³/mol. The number of carbonyl (C=O) groups excluding carboxylic acids is 2. The average Bonchev–Trinajstić information content (AvgIpc) is 3.23. The molecule has 6 heteroatoms. The smallest absolute Gasteiger partial charge is 0.273 e. The maximum absolute atomic E-state index is 12.3. The standard InChI is InChI=1S/C18H19N3O2S/c1-12-16(24-18(19-12)14-9-3-2-4-10-14)17(23)21-20-15(22)11-13-7-5-6-8-13/h2-5,7,9-10,13H,6,8,11H2,1H3,(H,20,22)(H,21,23)/t13-/m1/s1.